The van der Waals surface area contributed by atoms with Gasteiger partial charge in [-0.2, -0.15) is 0 Å². The minimum Gasteiger partial charge on any atom is -0.382 e. The summed E-state index contributed by atoms with van der Waals surface area (Å²) >= 11 is 0. The number of rotatable bonds is 20. The fourth-order valence-electron chi connectivity index (χ4n) is 4.31. The third kappa shape index (κ3) is 13.0. The molecule has 2 aromatic heterocycles. The lowest BCUT2D eigenvalue weighted by Gasteiger charge is -2.17. The zero-order valence-corrected chi connectivity index (χ0v) is 25.3. The molecular formula is C30H43FN5O5P. The zero-order valence-electron chi connectivity index (χ0n) is 24.4. The summed E-state index contributed by atoms with van der Waals surface area (Å²) in [5.74, 6) is 6.30. The fraction of sp³-hybridized carbons (Fsp3) is 0.567. The van der Waals surface area contributed by atoms with E-state index in [1.54, 1.807) is 30.0 Å². The third-order valence-electron chi connectivity index (χ3n) is 6.59. The average Bonchev–Trinajstić information content (AvgIpc) is 3.38. The number of nitrogens with two attached hydrogens (primary N) is 1. The predicted octanol–water partition coefficient (Wildman–Crippen LogP) is 6.08. The van der Waals surface area contributed by atoms with Crippen molar-refractivity contribution >= 4 is 24.6 Å². The van der Waals surface area contributed by atoms with Crippen LogP contribution in [-0.4, -0.2) is 56.7 Å². The van der Waals surface area contributed by atoms with Crippen LogP contribution in [0.5, 0.6) is 0 Å². The third-order valence-corrected chi connectivity index (χ3v) is 7.66. The molecule has 0 aliphatic carbocycles. The summed E-state index contributed by atoms with van der Waals surface area (Å²) in [7, 11) is -3.89. The molecule has 0 radical (unpaired) electrons. The Morgan fingerprint density at radius 1 is 0.976 bits per heavy atom. The second-order valence-corrected chi connectivity index (χ2v) is 12.0. The number of anilines is 1. The first-order chi connectivity index (χ1) is 20.3. The smallest absolute Gasteiger partial charge is 0.353 e. The Labute approximate surface area is 247 Å². The number of fused-ring (bicyclic) bond motifs is 1. The number of hydrogen-bond acceptors (Lipinski definition) is 8. The molecule has 3 N–H and O–H groups in total. The standard InChI is InChI=1S/C30H43FN5O5P/c1-25(21-36-23-35-28-29(32)33-22-34-30(28)36)40-24-42(37,38)41-20-19-39-18-12-10-8-6-4-2-3-5-7-9-11-13-26-14-16-27(31)17-15-26/h14-17,22-23,25H,2-10,12,18-21,24H2,1H3,(H,37,38)(H2,32,33,34)/t25-/m1/s1. The van der Waals surface area contributed by atoms with Crippen LogP contribution in [-0.2, 0) is 25.1 Å². The lowest BCUT2D eigenvalue weighted by Crippen LogP contribution is -2.18. The molecule has 0 amide bonds. The lowest BCUT2D eigenvalue weighted by molar-refractivity contribution is 0.0610. The van der Waals surface area contributed by atoms with Crippen LogP contribution in [0.15, 0.2) is 36.9 Å². The van der Waals surface area contributed by atoms with Crippen LogP contribution in [0, 0.1) is 17.7 Å². The Morgan fingerprint density at radius 3 is 2.40 bits per heavy atom. The summed E-state index contributed by atoms with van der Waals surface area (Å²) < 4.78 is 43.1. The van der Waals surface area contributed by atoms with Crippen molar-refractivity contribution in [2.24, 2.45) is 0 Å². The van der Waals surface area contributed by atoms with E-state index in [0.717, 1.165) is 31.2 Å². The highest BCUT2D eigenvalue weighted by Crippen LogP contribution is 2.41. The first-order valence-corrected chi connectivity index (χ1v) is 16.4. The van der Waals surface area contributed by atoms with E-state index in [0.29, 0.717) is 30.1 Å². The van der Waals surface area contributed by atoms with Crippen molar-refractivity contribution in [2.45, 2.75) is 83.8 Å². The number of hydrogen-bond donors (Lipinski definition) is 2. The Balaban J connectivity index is 1.10. The Kier molecular flexibility index (Phi) is 14.9. The monoisotopic (exact) mass is 603 g/mol. The molecule has 230 valence electrons. The Morgan fingerprint density at radius 2 is 1.67 bits per heavy atom. The normalized spacial score (nSPS) is 13.5. The zero-order chi connectivity index (χ0) is 30.0. The highest BCUT2D eigenvalue weighted by molar-refractivity contribution is 7.52. The van der Waals surface area contributed by atoms with Crippen molar-refractivity contribution in [1.82, 2.24) is 19.5 Å². The maximum absolute atomic E-state index is 12.9. The highest BCUT2D eigenvalue weighted by Gasteiger charge is 2.21. The maximum atomic E-state index is 12.9. The van der Waals surface area contributed by atoms with E-state index < -0.39 is 13.9 Å². The van der Waals surface area contributed by atoms with Crippen LogP contribution in [0.4, 0.5) is 10.2 Å². The van der Waals surface area contributed by atoms with Gasteiger partial charge < -0.3 is 29.2 Å². The molecule has 3 aromatic rings. The highest BCUT2D eigenvalue weighted by atomic mass is 31.2. The molecule has 2 atom stereocenters. The van der Waals surface area contributed by atoms with E-state index in [2.05, 4.69) is 26.8 Å². The van der Waals surface area contributed by atoms with Gasteiger partial charge in [-0.3, -0.25) is 4.57 Å². The van der Waals surface area contributed by atoms with Crippen molar-refractivity contribution in [1.29, 1.82) is 0 Å². The van der Waals surface area contributed by atoms with Gasteiger partial charge in [-0.05, 0) is 44.0 Å². The van der Waals surface area contributed by atoms with E-state index in [9.17, 15) is 13.8 Å². The van der Waals surface area contributed by atoms with Gasteiger partial charge in [0.25, 0.3) is 0 Å². The second kappa shape index (κ2) is 18.6. The maximum Gasteiger partial charge on any atom is 0.353 e. The van der Waals surface area contributed by atoms with Gasteiger partial charge in [0.2, 0.25) is 0 Å². The van der Waals surface area contributed by atoms with Gasteiger partial charge in [-0.25, -0.2) is 19.3 Å². The second-order valence-electron chi connectivity index (χ2n) is 10.3. The minimum absolute atomic E-state index is 0.0334. The van der Waals surface area contributed by atoms with Crippen LogP contribution in [0.1, 0.15) is 76.7 Å². The molecule has 3 rings (SSSR count). The van der Waals surface area contributed by atoms with E-state index in [1.165, 1.54) is 57.0 Å². The number of imidazole rings is 1. The topological polar surface area (TPSA) is 135 Å². The van der Waals surface area contributed by atoms with Gasteiger partial charge in [0, 0.05) is 18.6 Å². The molecule has 0 saturated carbocycles. The first-order valence-electron chi connectivity index (χ1n) is 14.7. The van der Waals surface area contributed by atoms with E-state index in [4.69, 9.17) is 19.7 Å². The van der Waals surface area contributed by atoms with Gasteiger partial charge in [0.05, 0.1) is 32.2 Å². The Bertz CT molecular complexity index is 1310. The number of nitrogens with zero attached hydrogens (tertiary/aromatic N) is 4. The quantitative estimate of drug-likeness (QED) is 0.0895. The summed E-state index contributed by atoms with van der Waals surface area (Å²) in [5.41, 5.74) is 7.74. The summed E-state index contributed by atoms with van der Waals surface area (Å²) in [6, 6.07) is 6.29. The molecule has 0 bridgehead atoms. The molecule has 2 heterocycles. The molecule has 1 aromatic carbocycles. The average molecular weight is 604 g/mol. The molecular weight excluding hydrogens is 560 g/mol. The van der Waals surface area contributed by atoms with Gasteiger partial charge >= 0.3 is 7.60 Å². The van der Waals surface area contributed by atoms with Crippen LogP contribution in [0.3, 0.4) is 0 Å². The van der Waals surface area contributed by atoms with Crippen molar-refractivity contribution < 1.29 is 27.8 Å². The van der Waals surface area contributed by atoms with Crippen LogP contribution < -0.4 is 5.73 Å². The summed E-state index contributed by atoms with van der Waals surface area (Å²) in [4.78, 5) is 22.3. The van der Waals surface area contributed by atoms with Gasteiger partial charge in [0.1, 0.15) is 24.0 Å². The molecule has 0 aliphatic rings. The SMILES string of the molecule is C[C@H](Cn1cnc2c(N)ncnc21)OCP(=O)(O)OCCOCCCCCCCCCCCC#Cc1ccc(F)cc1. The number of unbranched alkanes of at least 4 members (excludes halogenated alkanes) is 9. The van der Waals surface area contributed by atoms with Gasteiger partial charge in [-0.15, -0.1) is 0 Å². The molecule has 42 heavy (non-hydrogen) atoms. The van der Waals surface area contributed by atoms with Crippen molar-refractivity contribution in [2.75, 3.05) is 31.9 Å². The van der Waals surface area contributed by atoms with Gasteiger partial charge in [0.15, 0.2) is 11.5 Å². The van der Waals surface area contributed by atoms with Crippen molar-refractivity contribution in [3.05, 3.63) is 48.3 Å². The van der Waals surface area contributed by atoms with Crippen LogP contribution in [0.2, 0.25) is 0 Å². The molecule has 0 fully saturated rings. The molecule has 12 heteroatoms. The number of aromatic nitrogens is 4. The minimum atomic E-state index is -3.89. The molecule has 0 saturated heterocycles. The number of nitrogen functional groups attached to an aromatic ring is 1. The van der Waals surface area contributed by atoms with Crippen molar-refractivity contribution in [3.63, 3.8) is 0 Å². The van der Waals surface area contributed by atoms with Crippen LogP contribution in [0.25, 0.3) is 11.2 Å². The van der Waals surface area contributed by atoms with Crippen molar-refractivity contribution in [3.8, 4) is 11.8 Å². The largest absolute Gasteiger partial charge is 0.382 e. The fourth-order valence-corrected chi connectivity index (χ4v) is 5.19. The lowest BCUT2D eigenvalue weighted by atomic mass is 10.1. The molecule has 0 aliphatic heterocycles. The number of halogens is 1. The van der Waals surface area contributed by atoms with E-state index in [-0.39, 0.29) is 25.1 Å². The first kappa shape index (κ1) is 33.6. The summed E-state index contributed by atoms with van der Waals surface area (Å²) in [5, 5.41) is 0. The summed E-state index contributed by atoms with van der Waals surface area (Å²) in [6.07, 6.45) is 13.5. The number of benzene rings is 1. The van der Waals surface area contributed by atoms with Crippen LogP contribution >= 0.6 is 7.60 Å². The van der Waals surface area contributed by atoms with E-state index in [1.807, 2.05) is 0 Å². The molecule has 0 spiro atoms. The predicted molar refractivity (Wildman–Crippen MR) is 161 cm³/mol. The number of ether oxygens (including phenoxy) is 2. The summed E-state index contributed by atoms with van der Waals surface area (Å²) in [6.45, 7) is 3.07. The van der Waals surface area contributed by atoms with E-state index >= 15 is 0 Å². The Hall–Kier alpha value is -2.87. The molecule has 1 unspecified atom stereocenters. The molecule has 10 nitrogen and oxygen atoms in total. The van der Waals surface area contributed by atoms with Gasteiger partial charge in [-0.1, -0.05) is 56.8 Å².